The fraction of sp³-hybridized carbons (Fsp3) is 0.538. The van der Waals surface area contributed by atoms with Crippen LogP contribution < -0.4 is 0 Å². The lowest BCUT2D eigenvalue weighted by molar-refractivity contribution is -0.387. The molecule has 18 heavy (non-hydrogen) atoms. The Morgan fingerprint density at radius 1 is 1.39 bits per heavy atom. The van der Waals surface area contributed by atoms with Crippen LogP contribution in [-0.2, 0) is 6.42 Å². The van der Waals surface area contributed by atoms with E-state index in [4.69, 9.17) is 0 Å². The fourth-order valence-corrected chi connectivity index (χ4v) is 3.30. The zero-order valence-electron chi connectivity index (χ0n) is 9.94. The summed E-state index contributed by atoms with van der Waals surface area (Å²) in [7, 11) is 0. The number of hydrogen-bond acceptors (Lipinski definition) is 2. The van der Waals surface area contributed by atoms with Crippen molar-refractivity contribution in [1.29, 1.82) is 0 Å². The predicted molar refractivity (Wildman–Crippen MR) is 71.4 cm³/mol. The molecule has 0 saturated heterocycles. The molecule has 2 unspecified atom stereocenters. The van der Waals surface area contributed by atoms with Crippen molar-refractivity contribution < 1.29 is 9.31 Å². The Bertz CT molecular complexity index is 453. The third-order valence-corrected chi connectivity index (χ3v) is 4.73. The largest absolute Gasteiger partial charge is 0.304 e. The normalized spacial score (nSPS) is 23.9. The second kappa shape index (κ2) is 5.78. The van der Waals surface area contributed by atoms with Crippen LogP contribution in [0, 0.1) is 21.8 Å². The Labute approximate surface area is 114 Å². The van der Waals surface area contributed by atoms with Crippen LogP contribution in [0.15, 0.2) is 18.2 Å². The fourth-order valence-electron chi connectivity index (χ4n) is 2.52. The van der Waals surface area contributed by atoms with Crippen molar-refractivity contribution in [3.63, 3.8) is 0 Å². The molecule has 1 fully saturated rings. The number of hydrogen-bond donors (Lipinski definition) is 0. The SMILES string of the molecule is O=[N+]([O-])c1ccc(CC2CCCCC2Br)cc1F. The maximum atomic E-state index is 13.5. The van der Waals surface area contributed by atoms with Gasteiger partial charge in [-0.1, -0.05) is 34.8 Å². The monoisotopic (exact) mass is 315 g/mol. The number of nitro groups is 1. The van der Waals surface area contributed by atoms with Gasteiger partial charge < -0.3 is 0 Å². The Morgan fingerprint density at radius 2 is 2.11 bits per heavy atom. The smallest absolute Gasteiger partial charge is 0.258 e. The number of benzene rings is 1. The van der Waals surface area contributed by atoms with Gasteiger partial charge in [0.05, 0.1) is 4.92 Å². The first-order valence-electron chi connectivity index (χ1n) is 6.15. The molecule has 0 bridgehead atoms. The average Bonchev–Trinajstić information content (AvgIpc) is 2.32. The van der Waals surface area contributed by atoms with E-state index in [0.29, 0.717) is 10.7 Å². The predicted octanol–water partition coefficient (Wildman–Crippen LogP) is 4.23. The van der Waals surface area contributed by atoms with Gasteiger partial charge in [-0.05, 0) is 36.8 Å². The third-order valence-electron chi connectivity index (χ3n) is 3.52. The van der Waals surface area contributed by atoms with Crippen LogP contribution in [-0.4, -0.2) is 9.75 Å². The Morgan fingerprint density at radius 3 is 2.72 bits per heavy atom. The zero-order valence-corrected chi connectivity index (χ0v) is 11.5. The first-order chi connectivity index (χ1) is 8.58. The summed E-state index contributed by atoms with van der Waals surface area (Å²) in [6.45, 7) is 0. The Kier molecular flexibility index (Phi) is 4.32. The number of halogens is 2. The summed E-state index contributed by atoms with van der Waals surface area (Å²) >= 11 is 3.67. The van der Waals surface area contributed by atoms with Crippen LogP contribution in [0.1, 0.15) is 31.2 Å². The highest BCUT2D eigenvalue weighted by Crippen LogP contribution is 2.33. The molecule has 0 heterocycles. The number of alkyl halides is 1. The van der Waals surface area contributed by atoms with Gasteiger partial charge >= 0.3 is 5.69 Å². The van der Waals surface area contributed by atoms with E-state index < -0.39 is 16.4 Å². The molecule has 1 aromatic carbocycles. The maximum Gasteiger partial charge on any atom is 0.304 e. The molecule has 5 heteroatoms. The van der Waals surface area contributed by atoms with E-state index in [0.717, 1.165) is 24.8 Å². The lowest BCUT2D eigenvalue weighted by Crippen LogP contribution is -2.21. The second-order valence-corrected chi connectivity index (χ2v) is 5.98. The van der Waals surface area contributed by atoms with Crippen LogP contribution in [0.5, 0.6) is 0 Å². The van der Waals surface area contributed by atoms with Gasteiger partial charge in [0.1, 0.15) is 0 Å². The van der Waals surface area contributed by atoms with Crippen LogP contribution in [0.25, 0.3) is 0 Å². The molecular formula is C13H15BrFNO2. The first kappa shape index (κ1) is 13.5. The molecule has 2 atom stereocenters. The Hall–Kier alpha value is -0.970. The van der Waals surface area contributed by atoms with E-state index in [1.807, 2.05) is 0 Å². The van der Waals surface area contributed by atoms with Crippen molar-refractivity contribution in [2.75, 3.05) is 0 Å². The summed E-state index contributed by atoms with van der Waals surface area (Å²) in [6.07, 6.45) is 5.52. The number of nitrogens with zero attached hydrogens (tertiary/aromatic N) is 1. The molecule has 98 valence electrons. The van der Waals surface area contributed by atoms with Crippen molar-refractivity contribution in [3.8, 4) is 0 Å². The summed E-state index contributed by atoms with van der Waals surface area (Å²) in [5, 5.41) is 10.5. The standard InChI is InChI=1S/C13H15BrFNO2/c14-11-4-2-1-3-10(11)7-9-5-6-13(16(17)18)12(15)8-9/h5-6,8,10-11H,1-4,7H2. The van der Waals surface area contributed by atoms with E-state index >= 15 is 0 Å². The van der Waals surface area contributed by atoms with Gasteiger partial charge in [-0.2, -0.15) is 4.39 Å². The van der Waals surface area contributed by atoms with Crippen molar-refractivity contribution in [1.82, 2.24) is 0 Å². The zero-order chi connectivity index (χ0) is 13.1. The van der Waals surface area contributed by atoms with Gasteiger partial charge in [-0.25, -0.2) is 0 Å². The summed E-state index contributed by atoms with van der Waals surface area (Å²) in [6, 6.07) is 4.22. The molecule has 2 rings (SSSR count). The van der Waals surface area contributed by atoms with E-state index in [1.165, 1.54) is 25.0 Å². The number of rotatable bonds is 3. The van der Waals surface area contributed by atoms with Gasteiger partial charge in [-0.15, -0.1) is 0 Å². The van der Waals surface area contributed by atoms with Crippen molar-refractivity contribution in [2.24, 2.45) is 5.92 Å². The summed E-state index contributed by atoms with van der Waals surface area (Å²) in [5.41, 5.74) is 0.396. The molecule has 0 aromatic heterocycles. The second-order valence-electron chi connectivity index (χ2n) is 4.81. The molecule has 1 aliphatic rings. The summed E-state index contributed by atoms with van der Waals surface area (Å²) in [5.74, 6) is -0.237. The maximum absolute atomic E-state index is 13.5. The van der Waals surface area contributed by atoms with E-state index in [1.54, 1.807) is 6.07 Å². The van der Waals surface area contributed by atoms with Gasteiger partial charge in [-0.3, -0.25) is 10.1 Å². The van der Waals surface area contributed by atoms with Crippen LogP contribution >= 0.6 is 15.9 Å². The van der Waals surface area contributed by atoms with E-state index in [9.17, 15) is 14.5 Å². The highest BCUT2D eigenvalue weighted by Gasteiger charge is 2.23. The quantitative estimate of drug-likeness (QED) is 0.476. The highest BCUT2D eigenvalue weighted by atomic mass is 79.9. The minimum Gasteiger partial charge on any atom is -0.258 e. The molecule has 1 aliphatic carbocycles. The molecule has 0 N–H and O–H groups in total. The number of nitro benzene ring substituents is 1. The summed E-state index contributed by atoms with van der Waals surface area (Å²) < 4.78 is 13.5. The Balaban J connectivity index is 2.10. The molecule has 3 nitrogen and oxygen atoms in total. The summed E-state index contributed by atoms with van der Waals surface area (Å²) in [4.78, 5) is 10.3. The van der Waals surface area contributed by atoms with Gasteiger partial charge in [0.2, 0.25) is 5.82 Å². The lowest BCUT2D eigenvalue weighted by Gasteiger charge is -2.27. The molecule has 1 aromatic rings. The topological polar surface area (TPSA) is 43.1 Å². The van der Waals surface area contributed by atoms with Crippen LogP contribution in [0.3, 0.4) is 0 Å². The van der Waals surface area contributed by atoms with Crippen LogP contribution in [0.2, 0.25) is 0 Å². The molecule has 0 amide bonds. The molecule has 0 aliphatic heterocycles. The van der Waals surface area contributed by atoms with Crippen molar-refractivity contribution >= 4 is 21.6 Å². The molecule has 0 spiro atoms. The molecule has 1 saturated carbocycles. The average molecular weight is 316 g/mol. The molecule has 0 radical (unpaired) electrons. The van der Waals surface area contributed by atoms with E-state index in [2.05, 4.69) is 15.9 Å². The molecular weight excluding hydrogens is 301 g/mol. The van der Waals surface area contributed by atoms with Gasteiger partial charge in [0, 0.05) is 10.9 Å². The minimum absolute atomic E-state index is 0.446. The van der Waals surface area contributed by atoms with Crippen molar-refractivity contribution in [2.45, 2.75) is 36.9 Å². The van der Waals surface area contributed by atoms with Gasteiger partial charge in [0.15, 0.2) is 0 Å². The van der Waals surface area contributed by atoms with Crippen LogP contribution in [0.4, 0.5) is 10.1 Å². The van der Waals surface area contributed by atoms with Crippen molar-refractivity contribution in [3.05, 3.63) is 39.7 Å². The first-order valence-corrected chi connectivity index (χ1v) is 7.06. The van der Waals surface area contributed by atoms with Gasteiger partial charge in [0.25, 0.3) is 0 Å². The third kappa shape index (κ3) is 3.07. The highest BCUT2D eigenvalue weighted by molar-refractivity contribution is 9.09. The lowest BCUT2D eigenvalue weighted by atomic mass is 9.84. The van der Waals surface area contributed by atoms with E-state index in [-0.39, 0.29) is 0 Å². The minimum atomic E-state index is -0.737.